The molecule has 4 aromatic rings. The molecule has 0 amide bonds. The van der Waals surface area contributed by atoms with Crippen LogP contribution in [0.25, 0.3) is 17.2 Å². The van der Waals surface area contributed by atoms with Gasteiger partial charge in [-0.1, -0.05) is 19.9 Å². The number of halogens is 1. The van der Waals surface area contributed by atoms with E-state index in [1.165, 1.54) is 16.9 Å². The van der Waals surface area contributed by atoms with Crippen LogP contribution in [0.15, 0.2) is 48.7 Å². The van der Waals surface area contributed by atoms with Gasteiger partial charge in [0.1, 0.15) is 12.4 Å². The summed E-state index contributed by atoms with van der Waals surface area (Å²) in [6.07, 6.45) is 1.70. The number of nitrogens with zero attached hydrogens (tertiary/aromatic N) is 8. The standard InChI is InChI=1S/C18H17FN8/c1-12(2)17-21-16(27(24-17)15-5-3-4-10-20-15)11-26-23-18(22-25-26)13-6-8-14(19)9-7-13/h3-10,12H,11H2,1-2H3. The number of aromatic nitrogens is 8. The zero-order chi connectivity index (χ0) is 18.8. The Hall–Kier alpha value is -3.49. The molecule has 3 heterocycles. The van der Waals surface area contributed by atoms with Crippen molar-refractivity contribution in [1.82, 2.24) is 40.0 Å². The maximum atomic E-state index is 13.1. The molecule has 0 saturated heterocycles. The minimum absolute atomic E-state index is 0.173. The van der Waals surface area contributed by atoms with Crippen LogP contribution >= 0.6 is 0 Å². The van der Waals surface area contributed by atoms with E-state index in [4.69, 9.17) is 0 Å². The van der Waals surface area contributed by atoms with Crippen LogP contribution in [0, 0.1) is 5.82 Å². The first kappa shape index (κ1) is 17.0. The van der Waals surface area contributed by atoms with Gasteiger partial charge in [-0.3, -0.25) is 0 Å². The van der Waals surface area contributed by atoms with Gasteiger partial charge in [-0.25, -0.2) is 14.4 Å². The van der Waals surface area contributed by atoms with Crippen LogP contribution in [0.5, 0.6) is 0 Å². The molecule has 0 radical (unpaired) electrons. The molecule has 0 aliphatic rings. The molecule has 27 heavy (non-hydrogen) atoms. The first-order chi connectivity index (χ1) is 13.1. The predicted molar refractivity (Wildman–Crippen MR) is 95.6 cm³/mol. The summed E-state index contributed by atoms with van der Waals surface area (Å²) in [5.41, 5.74) is 0.691. The van der Waals surface area contributed by atoms with E-state index >= 15 is 0 Å². The third kappa shape index (κ3) is 3.57. The summed E-state index contributed by atoms with van der Waals surface area (Å²) in [6, 6.07) is 11.6. The first-order valence-electron chi connectivity index (χ1n) is 8.51. The van der Waals surface area contributed by atoms with Crippen LogP contribution in [-0.4, -0.2) is 40.0 Å². The van der Waals surface area contributed by atoms with E-state index in [1.54, 1.807) is 23.0 Å². The Kier molecular flexibility index (Phi) is 4.41. The molecular weight excluding hydrogens is 347 g/mol. The minimum Gasteiger partial charge on any atom is -0.237 e. The molecular formula is C18H17FN8. The van der Waals surface area contributed by atoms with Crippen molar-refractivity contribution in [2.24, 2.45) is 0 Å². The largest absolute Gasteiger partial charge is 0.237 e. The van der Waals surface area contributed by atoms with Gasteiger partial charge in [-0.2, -0.15) is 9.48 Å². The SMILES string of the molecule is CC(C)c1nc(Cn2nnc(-c3ccc(F)cc3)n2)n(-c2ccccn2)n1. The molecule has 0 atom stereocenters. The molecule has 1 aromatic carbocycles. The highest BCUT2D eigenvalue weighted by Crippen LogP contribution is 2.16. The fraction of sp³-hybridized carbons (Fsp3) is 0.222. The number of tetrazole rings is 1. The monoisotopic (exact) mass is 364 g/mol. The Bertz CT molecular complexity index is 1040. The van der Waals surface area contributed by atoms with Crippen molar-refractivity contribution in [2.75, 3.05) is 0 Å². The van der Waals surface area contributed by atoms with Gasteiger partial charge in [0.2, 0.25) is 5.82 Å². The van der Waals surface area contributed by atoms with Gasteiger partial charge in [0.15, 0.2) is 17.5 Å². The molecule has 0 bridgehead atoms. The van der Waals surface area contributed by atoms with E-state index in [0.29, 0.717) is 23.0 Å². The van der Waals surface area contributed by atoms with Crippen molar-refractivity contribution in [2.45, 2.75) is 26.3 Å². The van der Waals surface area contributed by atoms with E-state index < -0.39 is 0 Å². The van der Waals surface area contributed by atoms with Crippen molar-refractivity contribution < 1.29 is 4.39 Å². The minimum atomic E-state index is -0.309. The van der Waals surface area contributed by atoms with Crippen molar-refractivity contribution in [3.63, 3.8) is 0 Å². The maximum Gasteiger partial charge on any atom is 0.204 e. The first-order valence-corrected chi connectivity index (χ1v) is 8.51. The highest BCUT2D eigenvalue weighted by Gasteiger charge is 2.16. The summed E-state index contributed by atoms with van der Waals surface area (Å²) in [4.78, 5) is 10.4. The van der Waals surface area contributed by atoms with Gasteiger partial charge in [-0.05, 0) is 41.6 Å². The third-order valence-corrected chi connectivity index (χ3v) is 3.91. The topological polar surface area (TPSA) is 87.2 Å². The second-order valence-electron chi connectivity index (χ2n) is 6.29. The van der Waals surface area contributed by atoms with Gasteiger partial charge in [0, 0.05) is 17.7 Å². The molecule has 0 N–H and O–H groups in total. The predicted octanol–water partition coefficient (Wildman–Crippen LogP) is 2.63. The highest BCUT2D eigenvalue weighted by molar-refractivity contribution is 5.53. The van der Waals surface area contributed by atoms with Crippen LogP contribution in [0.3, 0.4) is 0 Å². The molecule has 0 aliphatic carbocycles. The van der Waals surface area contributed by atoms with Crippen LogP contribution in [-0.2, 0) is 6.54 Å². The van der Waals surface area contributed by atoms with E-state index in [1.807, 2.05) is 32.0 Å². The molecule has 0 fully saturated rings. The van der Waals surface area contributed by atoms with Crippen molar-refractivity contribution >= 4 is 0 Å². The fourth-order valence-electron chi connectivity index (χ4n) is 2.52. The summed E-state index contributed by atoms with van der Waals surface area (Å²) >= 11 is 0. The molecule has 0 unspecified atom stereocenters. The van der Waals surface area contributed by atoms with Crippen molar-refractivity contribution in [3.8, 4) is 17.2 Å². The molecule has 4 rings (SSSR count). The van der Waals surface area contributed by atoms with Crippen LogP contribution in [0.4, 0.5) is 4.39 Å². The van der Waals surface area contributed by atoms with Crippen LogP contribution < -0.4 is 0 Å². The van der Waals surface area contributed by atoms with Gasteiger partial charge in [0.05, 0.1) is 0 Å². The third-order valence-electron chi connectivity index (χ3n) is 3.91. The Labute approximate surface area is 154 Å². The normalized spacial score (nSPS) is 11.3. The Morgan fingerprint density at radius 1 is 1.04 bits per heavy atom. The van der Waals surface area contributed by atoms with Crippen molar-refractivity contribution in [3.05, 3.63) is 66.1 Å². The Morgan fingerprint density at radius 2 is 1.85 bits per heavy atom. The van der Waals surface area contributed by atoms with Crippen molar-refractivity contribution in [1.29, 1.82) is 0 Å². The number of pyridine rings is 1. The molecule has 9 heteroatoms. The lowest BCUT2D eigenvalue weighted by Gasteiger charge is -2.03. The van der Waals surface area contributed by atoms with E-state index in [0.717, 1.165) is 5.82 Å². The zero-order valence-corrected chi connectivity index (χ0v) is 14.9. The summed E-state index contributed by atoms with van der Waals surface area (Å²) in [6.45, 7) is 4.34. The van der Waals surface area contributed by atoms with Gasteiger partial charge < -0.3 is 0 Å². The Morgan fingerprint density at radius 3 is 2.56 bits per heavy atom. The lowest BCUT2D eigenvalue weighted by atomic mass is 10.2. The maximum absolute atomic E-state index is 13.1. The van der Waals surface area contributed by atoms with Crippen LogP contribution in [0.2, 0.25) is 0 Å². The quantitative estimate of drug-likeness (QED) is 0.541. The van der Waals surface area contributed by atoms with Gasteiger partial charge in [-0.15, -0.1) is 15.3 Å². The van der Waals surface area contributed by atoms with Gasteiger partial charge in [0.25, 0.3) is 0 Å². The number of hydrogen-bond acceptors (Lipinski definition) is 6. The molecule has 0 spiro atoms. The highest BCUT2D eigenvalue weighted by atomic mass is 19.1. The number of benzene rings is 1. The number of hydrogen-bond donors (Lipinski definition) is 0. The smallest absolute Gasteiger partial charge is 0.204 e. The summed E-state index contributed by atoms with van der Waals surface area (Å²) in [7, 11) is 0. The van der Waals surface area contributed by atoms with E-state index in [2.05, 4.69) is 30.5 Å². The Balaban J connectivity index is 1.65. The average molecular weight is 364 g/mol. The lowest BCUT2D eigenvalue weighted by molar-refractivity contribution is 0.543. The van der Waals surface area contributed by atoms with Gasteiger partial charge >= 0.3 is 0 Å². The average Bonchev–Trinajstić information content (AvgIpc) is 3.31. The molecule has 3 aromatic heterocycles. The second kappa shape index (κ2) is 7.02. The summed E-state index contributed by atoms with van der Waals surface area (Å²) < 4.78 is 14.8. The second-order valence-corrected chi connectivity index (χ2v) is 6.29. The summed E-state index contributed by atoms with van der Waals surface area (Å²) in [5.74, 6) is 2.33. The molecule has 0 saturated carbocycles. The zero-order valence-electron chi connectivity index (χ0n) is 14.9. The van der Waals surface area contributed by atoms with E-state index in [-0.39, 0.29) is 18.3 Å². The summed E-state index contributed by atoms with van der Waals surface area (Å²) in [5, 5.41) is 17.1. The number of rotatable bonds is 5. The lowest BCUT2D eigenvalue weighted by Crippen LogP contribution is -2.11. The molecule has 136 valence electrons. The molecule has 8 nitrogen and oxygen atoms in total. The molecule has 0 aliphatic heterocycles. The van der Waals surface area contributed by atoms with E-state index in [9.17, 15) is 4.39 Å². The fourth-order valence-corrected chi connectivity index (χ4v) is 2.52. The van der Waals surface area contributed by atoms with Crippen LogP contribution in [0.1, 0.15) is 31.4 Å².